The second-order valence-electron chi connectivity index (χ2n) is 3.04. The molecule has 0 radical (unpaired) electrons. The monoisotopic (exact) mass is 230 g/mol. The van der Waals surface area contributed by atoms with Gasteiger partial charge in [0.15, 0.2) is 0 Å². The van der Waals surface area contributed by atoms with E-state index in [2.05, 4.69) is 5.32 Å². The summed E-state index contributed by atoms with van der Waals surface area (Å²) in [5.74, 6) is -0.541. The summed E-state index contributed by atoms with van der Waals surface area (Å²) in [7, 11) is 1.62. The fraction of sp³-hybridized carbons (Fsp3) is 0.300. The van der Waals surface area contributed by atoms with Crippen molar-refractivity contribution in [2.24, 2.45) is 0 Å². The van der Waals surface area contributed by atoms with Gasteiger partial charge in [0.25, 0.3) is 0 Å². The number of hydrogen-bond donors (Lipinski definition) is 1. The van der Waals surface area contributed by atoms with Crippen molar-refractivity contribution in [2.45, 2.75) is 6.92 Å². The molecule has 0 spiro atoms. The first-order valence-electron chi connectivity index (χ1n) is 4.52. The molecule has 0 saturated heterocycles. The number of nitrogens with zero attached hydrogens (tertiary/aromatic N) is 1. The van der Waals surface area contributed by atoms with E-state index in [-0.39, 0.29) is 16.7 Å². The number of carbonyl (C=O) groups excluding carboxylic acids is 1. The minimum absolute atomic E-state index is 0.0180. The highest BCUT2D eigenvalue weighted by molar-refractivity contribution is 6.33. The van der Waals surface area contributed by atoms with Gasteiger partial charge in [-0.25, -0.2) is 9.18 Å². The van der Waals surface area contributed by atoms with Gasteiger partial charge in [0.1, 0.15) is 5.82 Å². The summed E-state index contributed by atoms with van der Waals surface area (Å²) in [5.41, 5.74) is 0.0180. The van der Waals surface area contributed by atoms with Crippen molar-refractivity contribution in [1.82, 2.24) is 4.90 Å². The molecule has 1 rings (SSSR count). The Kier molecular flexibility index (Phi) is 3.91. The van der Waals surface area contributed by atoms with Crippen LogP contribution in [-0.4, -0.2) is 24.5 Å². The molecule has 0 fully saturated rings. The molecule has 0 atom stereocenters. The molecule has 5 heteroatoms. The zero-order chi connectivity index (χ0) is 11.4. The lowest BCUT2D eigenvalue weighted by atomic mass is 10.3. The van der Waals surface area contributed by atoms with E-state index >= 15 is 0 Å². The Bertz CT molecular complexity index is 350. The average molecular weight is 231 g/mol. The smallest absolute Gasteiger partial charge is 0.321 e. The van der Waals surface area contributed by atoms with E-state index in [1.807, 2.05) is 6.92 Å². The van der Waals surface area contributed by atoms with Gasteiger partial charge < -0.3 is 10.2 Å². The number of rotatable bonds is 2. The van der Waals surface area contributed by atoms with Gasteiger partial charge in [-0.2, -0.15) is 0 Å². The third kappa shape index (κ3) is 2.83. The SMILES string of the molecule is CCN(C)C(=O)Nc1c(F)cccc1Cl. The topological polar surface area (TPSA) is 32.3 Å². The van der Waals surface area contributed by atoms with Gasteiger partial charge in [-0.1, -0.05) is 17.7 Å². The number of halogens is 2. The van der Waals surface area contributed by atoms with E-state index in [9.17, 15) is 9.18 Å². The van der Waals surface area contributed by atoms with Gasteiger partial charge in [-0.3, -0.25) is 0 Å². The Labute approximate surface area is 92.8 Å². The number of hydrogen-bond acceptors (Lipinski definition) is 1. The van der Waals surface area contributed by atoms with Crippen molar-refractivity contribution in [3.05, 3.63) is 29.0 Å². The van der Waals surface area contributed by atoms with Crippen molar-refractivity contribution >= 4 is 23.3 Å². The standard InChI is InChI=1S/C10H12ClFN2O/c1-3-14(2)10(15)13-9-7(11)5-4-6-8(9)12/h4-6H,3H2,1-2H3,(H,13,15). The van der Waals surface area contributed by atoms with E-state index in [4.69, 9.17) is 11.6 Å². The van der Waals surface area contributed by atoms with Gasteiger partial charge in [0.05, 0.1) is 10.7 Å². The third-order valence-electron chi connectivity index (χ3n) is 2.02. The highest BCUT2D eigenvalue weighted by atomic mass is 35.5. The maximum Gasteiger partial charge on any atom is 0.321 e. The predicted molar refractivity (Wildman–Crippen MR) is 58.7 cm³/mol. The summed E-state index contributed by atoms with van der Waals surface area (Å²) in [6.45, 7) is 2.36. The molecule has 15 heavy (non-hydrogen) atoms. The molecule has 0 heterocycles. The molecule has 0 unspecified atom stereocenters. The Morgan fingerprint density at radius 3 is 2.80 bits per heavy atom. The van der Waals surface area contributed by atoms with Crippen LogP contribution < -0.4 is 5.32 Å². The number of nitrogens with one attached hydrogen (secondary N) is 1. The third-order valence-corrected chi connectivity index (χ3v) is 2.33. The predicted octanol–water partition coefficient (Wildman–Crippen LogP) is 2.96. The van der Waals surface area contributed by atoms with Crippen molar-refractivity contribution in [3.8, 4) is 0 Å². The number of carbonyl (C=O) groups is 1. The summed E-state index contributed by atoms with van der Waals surface area (Å²) in [6.07, 6.45) is 0. The molecule has 82 valence electrons. The van der Waals surface area contributed by atoms with Crippen molar-refractivity contribution in [3.63, 3.8) is 0 Å². The summed E-state index contributed by atoms with van der Waals surface area (Å²) < 4.78 is 13.3. The zero-order valence-electron chi connectivity index (χ0n) is 8.55. The number of amides is 2. The molecule has 0 bridgehead atoms. The van der Waals surface area contributed by atoms with Gasteiger partial charge in [0.2, 0.25) is 0 Å². The van der Waals surface area contributed by atoms with E-state index in [0.29, 0.717) is 6.54 Å². The summed E-state index contributed by atoms with van der Waals surface area (Å²) in [4.78, 5) is 12.9. The van der Waals surface area contributed by atoms with Gasteiger partial charge in [-0.15, -0.1) is 0 Å². The Balaban J connectivity index is 2.85. The number of para-hydroxylation sites is 1. The average Bonchev–Trinajstić information content (AvgIpc) is 2.22. The van der Waals surface area contributed by atoms with E-state index in [0.717, 1.165) is 0 Å². The zero-order valence-corrected chi connectivity index (χ0v) is 9.31. The molecule has 3 nitrogen and oxygen atoms in total. The fourth-order valence-electron chi connectivity index (χ4n) is 0.963. The first-order valence-corrected chi connectivity index (χ1v) is 4.90. The minimum atomic E-state index is -0.541. The van der Waals surface area contributed by atoms with Gasteiger partial charge in [-0.05, 0) is 19.1 Å². The molecule has 0 saturated carbocycles. The Morgan fingerprint density at radius 2 is 2.27 bits per heavy atom. The molecule has 0 aliphatic heterocycles. The summed E-state index contributed by atoms with van der Waals surface area (Å²) in [5, 5.41) is 2.60. The van der Waals surface area contributed by atoms with Crippen molar-refractivity contribution in [2.75, 3.05) is 18.9 Å². The molecule has 0 aliphatic rings. The quantitative estimate of drug-likeness (QED) is 0.833. The largest absolute Gasteiger partial charge is 0.328 e. The molecule has 1 aromatic rings. The Morgan fingerprint density at radius 1 is 1.60 bits per heavy atom. The van der Waals surface area contributed by atoms with Crippen LogP contribution in [0.4, 0.5) is 14.9 Å². The van der Waals surface area contributed by atoms with Crippen LogP contribution in [0.5, 0.6) is 0 Å². The maximum absolute atomic E-state index is 13.3. The number of urea groups is 1. The van der Waals surface area contributed by atoms with E-state index in [1.54, 1.807) is 7.05 Å². The normalized spacial score (nSPS) is 9.87. The van der Waals surface area contributed by atoms with Crippen LogP contribution in [0.15, 0.2) is 18.2 Å². The van der Waals surface area contributed by atoms with E-state index < -0.39 is 5.82 Å². The molecule has 2 amide bonds. The van der Waals surface area contributed by atoms with Crippen LogP contribution in [0.1, 0.15) is 6.92 Å². The van der Waals surface area contributed by atoms with Crippen molar-refractivity contribution in [1.29, 1.82) is 0 Å². The van der Waals surface area contributed by atoms with Crippen LogP contribution in [0.2, 0.25) is 5.02 Å². The lowest BCUT2D eigenvalue weighted by Crippen LogP contribution is -2.31. The van der Waals surface area contributed by atoms with Crippen LogP contribution in [0.3, 0.4) is 0 Å². The first-order chi connectivity index (χ1) is 7.06. The molecule has 0 aliphatic carbocycles. The molecule has 1 N–H and O–H groups in total. The Hall–Kier alpha value is -1.29. The van der Waals surface area contributed by atoms with Gasteiger partial charge in [0, 0.05) is 13.6 Å². The molecule has 1 aromatic carbocycles. The molecular formula is C10H12ClFN2O. The number of benzene rings is 1. The first kappa shape index (κ1) is 11.8. The van der Waals surface area contributed by atoms with Crippen LogP contribution in [-0.2, 0) is 0 Å². The van der Waals surface area contributed by atoms with Crippen LogP contribution in [0.25, 0.3) is 0 Å². The maximum atomic E-state index is 13.3. The highest BCUT2D eigenvalue weighted by Gasteiger charge is 2.12. The lowest BCUT2D eigenvalue weighted by molar-refractivity contribution is 0.224. The van der Waals surface area contributed by atoms with Crippen molar-refractivity contribution < 1.29 is 9.18 Å². The second kappa shape index (κ2) is 4.98. The fourth-order valence-corrected chi connectivity index (χ4v) is 1.17. The summed E-state index contributed by atoms with van der Waals surface area (Å²) in [6, 6.07) is 3.86. The minimum Gasteiger partial charge on any atom is -0.328 e. The van der Waals surface area contributed by atoms with Crippen LogP contribution >= 0.6 is 11.6 Å². The van der Waals surface area contributed by atoms with Crippen LogP contribution in [0, 0.1) is 5.82 Å². The molecular weight excluding hydrogens is 219 g/mol. The number of anilines is 1. The van der Waals surface area contributed by atoms with Gasteiger partial charge >= 0.3 is 6.03 Å². The van der Waals surface area contributed by atoms with E-state index in [1.165, 1.54) is 23.1 Å². The highest BCUT2D eigenvalue weighted by Crippen LogP contribution is 2.24. The lowest BCUT2D eigenvalue weighted by Gasteiger charge is -2.16. The second-order valence-corrected chi connectivity index (χ2v) is 3.45. The molecule has 0 aromatic heterocycles. The summed E-state index contributed by atoms with van der Waals surface area (Å²) >= 11 is 5.75.